The molecular formula is C26H24F4N4O. The van der Waals surface area contributed by atoms with Gasteiger partial charge in [-0.05, 0) is 66.6 Å². The largest absolute Gasteiger partial charge is 0.419 e. The quantitative estimate of drug-likeness (QED) is 0.286. The Bertz CT molecular complexity index is 1200. The molecule has 0 heterocycles. The highest BCUT2D eigenvalue weighted by Crippen LogP contribution is 2.33. The van der Waals surface area contributed by atoms with E-state index in [4.69, 9.17) is 5.26 Å². The second kappa shape index (κ2) is 11.5. The molecule has 0 aliphatic rings. The summed E-state index contributed by atoms with van der Waals surface area (Å²) in [6.07, 6.45) is -3.98. The predicted octanol–water partition coefficient (Wildman–Crippen LogP) is 6.42. The maximum atomic E-state index is 13.6. The van der Waals surface area contributed by atoms with Crippen LogP contribution >= 0.6 is 0 Å². The highest BCUT2D eigenvalue weighted by Gasteiger charge is 2.34. The maximum absolute atomic E-state index is 13.6. The molecule has 0 saturated carbocycles. The van der Waals surface area contributed by atoms with Crippen molar-refractivity contribution in [1.29, 1.82) is 5.26 Å². The number of rotatable bonds is 8. The topological polar surface area (TPSA) is 68.2 Å². The van der Waals surface area contributed by atoms with Crippen molar-refractivity contribution < 1.29 is 22.4 Å². The SMILES string of the molecule is CCCNCCN(C(=O)Nc1ccc(F)c(C(F)(F)F)c1)c1ccc(-c2cccc(C#N)c2)cc1. The number of anilines is 2. The summed E-state index contributed by atoms with van der Waals surface area (Å²) in [5.74, 6) is -1.41. The van der Waals surface area contributed by atoms with Crippen molar-refractivity contribution in [2.45, 2.75) is 19.5 Å². The second-order valence-corrected chi connectivity index (χ2v) is 7.76. The molecule has 0 bridgehead atoms. The maximum Gasteiger partial charge on any atom is 0.419 e. The average Bonchev–Trinajstić information content (AvgIpc) is 2.84. The lowest BCUT2D eigenvalue weighted by atomic mass is 10.0. The van der Waals surface area contributed by atoms with Crippen LogP contribution in [0.3, 0.4) is 0 Å². The van der Waals surface area contributed by atoms with E-state index in [9.17, 15) is 22.4 Å². The first-order chi connectivity index (χ1) is 16.7. The van der Waals surface area contributed by atoms with Gasteiger partial charge < -0.3 is 10.6 Å². The smallest absolute Gasteiger partial charge is 0.315 e. The molecular weight excluding hydrogens is 460 g/mol. The summed E-state index contributed by atoms with van der Waals surface area (Å²) in [5, 5.41) is 14.7. The molecule has 2 amide bonds. The summed E-state index contributed by atoms with van der Waals surface area (Å²) in [6.45, 7) is 3.47. The number of amides is 2. The van der Waals surface area contributed by atoms with Gasteiger partial charge in [-0.3, -0.25) is 4.90 Å². The molecule has 35 heavy (non-hydrogen) atoms. The molecule has 0 aliphatic carbocycles. The van der Waals surface area contributed by atoms with Crippen molar-refractivity contribution >= 4 is 17.4 Å². The minimum atomic E-state index is -4.88. The van der Waals surface area contributed by atoms with Crippen LogP contribution in [0.15, 0.2) is 66.7 Å². The zero-order valence-electron chi connectivity index (χ0n) is 19.0. The van der Waals surface area contributed by atoms with Crippen molar-refractivity contribution in [1.82, 2.24) is 5.32 Å². The van der Waals surface area contributed by atoms with E-state index in [0.29, 0.717) is 29.9 Å². The summed E-state index contributed by atoms with van der Waals surface area (Å²) in [6, 6.07) is 17.9. The predicted molar refractivity (Wildman–Crippen MR) is 128 cm³/mol. The Kier molecular flexibility index (Phi) is 8.44. The van der Waals surface area contributed by atoms with Crippen LogP contribution in [0.2, 0.25) is 0 Å². The molecule has 0 atom stereocenters. The van der Waals surface area contributed by atoms with Crippen LogP contribution in [0.5, 0.6) is 0 Å². The van der Waals surface area contributed by atoms with E-state index >= 15 is 0 Å². The van der Waals surface area contributed by atoms with Gasteiger partial charge in [0.05, 0.1) is 17.2 Å². The molecule has 5 nitrogen and oxygen atoms in total. The monoisotopic (exact) mass is 484 g/mol. The fourth-order valence-electron chi connectivity index (χ4n) is 3.45. The summed E-state index contributed by atoms with van der Waals surface area (Å²) in [5.41, 5.74) is 1.10. The standard InChI is InChI=1S/C26H24F4N4O/c1-2-12-32-13-14-34(25(35)33-21-8-11-24(27)23(16-21)26(28,29)30)22-9-6-19(7-10-22)20-5-3-4-18(15-20)17-31/h3-11,15-16,32H,2,12-14H2,1H3,(H,33,35). The van der Waals surface area contributed by atoms with Gasteiger partial charge in [-0.15, -0.1) is 0 Å². The summed E-state index contributed by atoms with van der Waals surface area (Å²) in [7, 11) is 0. The number of nitrogens with one attached hydrogen (secondary N) is 2. The highest BCUT2D eigenvalue weighted by molar-refractivity contribution is 6.02. The second-order valence-electron chi connectivity index (χ2n) is 7.76. The van der Waals surface area contributed by atoms with Crippen molar-refractivity contribution in [2.24, 2.45) is 0 Å². The third-order valence-electron chi connectivity index (χ3n) is 5.21. The number of hydrogen-bond donors (Lipinski definition) is 2. The number of carbonyl (C=O) groups is 1. The molecule has 0 fully saturated rings. The minimum Gasteiger partial charge on any atom is -0.315 e. The van der Waals surface area contributed by atoms with E-state index in [0.717, 1.165) is 30.2 Å². The van der Waals surface area contributed by atoms with Gasteiger partial charge in [-0.2, -0.15) is 18.4 Å². The van der Waals surface area contributed by atoms with Crippen molar-refractivity contribution in [3.63, 3.8) is 0 Å². The molecule has 0 spiro atoms. The fraction of sp³-hybridized carbons (Fsp3) is 0.231. The molecule has 0 aliphatic heterocycles. The number of carbonyl (C=O) groups excluding carboxylic acids is 1. The summed E-state index contributed by atoms with van der Waals surface area (Å²) in [4.78, 5) is 14.4. The van der Waals surface area contributed by atoms with Crippen molar-refractivity contribution in [3.8, 4) is 17.2 Å². The normalized spacial score (nSPS) is 11.1. The Morgan fingerprint density at radius 3 is 2.40 bits per heavy atom. The van der Waals surface area contributed by atoms with Gasteiger partial charge in [0.25, 0.3) is 0 Å². The number of hydrogen-bond acceptors (Lipinski definition) is 3. The molecule has 9 heteroatoms. The molecule has 0 unspecified atom stereocenters. The molecule has 0 saturated heterocycles. The Morgan fingerprint density at radius 1 is 1.00 bits per heavy atom. The van der Waals surface area contributed by atoms with E-state index < -0.39 is 23.6 Å². The lowest BCUT2D eigenvalue weighted by Crippen LogP contribution is -2.40. The van der Waals surface area contributed by atoms with Gasteiger partial charge >= 0.3 is 12.2 Å². The number of urea groups is 1. The van der Waals surface area contributed by atoms with Crippen LogP contribution in [-0.4, -0.2) is 25.7 Å². The number of nitrogens with zero attached hydrogens (tertiary/aromatic N) is 2. The van der Waals surface area contributed by atoms with Crippen LogP contribution in [0, 0.1) is 17.1 Å². The number of alkyl halides is 3. The number of benzene rings is 3. The minimum absolute atomic E-state index is 0.166. The molecule has 2 N–H and O–H groups in total. The first-order valence-electron chi connectivity index (χ1n) is 11.0. The van der Waals surface area contributed by atoms with Crippen LogP contribution in [0.1, 0.15) is 24.5 Å². The lowest BCUT2D eigenvalue weighted by Gasteiger charge is -2.24. The molecule has 0 radical (unpaired) electrons. The van der Waals surface area contributed by atoms with Crippen LogP contribution in [-0.2, 0) is 6.18 Å². The van der Waals surface area contributed by atoms with Gasteiger partial charge in [0.15, 0.2) is 0 Å². The Balaban J connectivity index is 1.84. The van der Waals surface area contributed by atoms with Gasteiger partial charge in [0.2, 0.25) is 0 Å². The molecule has 3 rings (SSSR count). The third-order valence-corrected chi connectivity index (χ3v) is 5.21. The van der Waals surface area contributed by atoms with Gasteiger partial charge in [0.1, 0.15) is 5.82 Å². The first kappa shape index (κ1) is 25.7. The third kappa shape index (κ3) is 6.80. The van der Waals surface area contributed by atoms with Crippen LogP contribution < -0.4 is 15.5 Å². The average molecular weight is 484 g/mol. The van der Waals surface area contributed by atoms with Gasteiger partial charge in [0, 0.05) is 24.5 Å². The van der Waals surface area contributed by atoms with E-state index in [1.165, 1.54) is 4.90 Å². The molecule has 0 aromatic heterocycles. The van der Waals surface area contributed by atoms with E-state index in [-0.39, 0.29) is 12.2 Å². The van der Waals surface area contributed by atoms with Gasteiger partial charge in [-0.1, -0.05) is 31.2 Å². The Labute approximate surface area is 201 Å². The van der Waals surface area contributed by atoms with Gasteiger partial charge in [-0.25, -0.2) is 9.18 Å². The van der Waals surface area contributed by atoms with Crippen molar-refractivity contribution in [3.05, 3.63) is 83.7 Å². The highest BCUT2D eigenvalue weighted by atomic mass is 19.4. The number of nitriles is 1. The zero-order valence-corrected chi connectivity index (χ0v) is 19.0. The Morgan fingerprint density at radius 2 is 1.74 bits per heavy atom. The van der Waals surface area contributed by atoms with Crippen LogP contribution in [0.4, 0.5) is 33.7 Å². The molecule has 182 valence electrons. The van der Waals surface area contributed by atoms with E-state index in [1.54, 1.807) is 42.5 Å². The Hall–Kier alpha value is -3.90. The van der Waals surface area contributed by atoms with E-state index in [1.807, 2.05) is 13.0 Å². The first-order valence-corrected chi connectivity index (χ1v) is 11.0. The summed E-state index contributed by atoms with van der Waals surface area (Å²) >= 11 is 0. The number of halogens is 4. The van der Waals surface area contributed by atoms with Crippen LogP contribution in [0.25, 0.3) is 11.1 Å². The zero-order chi connectivity index (χ0) is 25.4. The van der Waals surface area contributed by atoms with E-state index in [2.05, 4.69) is 16.7 Å². The lowest BCUT2D eigenvalue weighted by molar-refractivity contribution is -0.139. The fourth-order valence-corrected chi connectivity index (χ4v) is 3.45. The summed E-state index contributed by atoms with van der Waals surface area (Å²) < 4.78 is 52.8. The van der Waals surface area contributed by atoms with Crippen molar-refractivity contribution in [2.75, 3.05) is 29.9 Å². The molecule has 3 aromatic rings. The molecule has 3 aromatic carbocycles.